The highest BCUT2D eigenvalue weighted by Crippen LogP contribution is 2.37. The Balaban J connectivity index is 1.26. The second kappa shape index (κ2) is 10.4. The average Bonchev–Trinajstić information content (AvgIpc) is 3.64. The van der Waals surface area contributed by atoms with Gasteiger partial charge >= 0.3 is 0 Å². The SMILES string of the molecule is O=CCOc1ncccc1C1CCC(OC[C@@H]2NCCC[C@@H]2NS(=O)(=O)C2CC2)CC1. The molecule has 0 spiro atoms. The van der Waals surface area contributed by atoms with Crippen LogP contribution in [0.3, 0.4) is 0 Å². The highest BCUT2D eigenvalue weighted by atomic mass is 32.2. The minimum Gasteiger partial charge on any atom is -0.470 e. The van der Waals surface area contributed by atoms with E-state index in [-0.39, 0.29) is 30.0 Å². The molecule has 3 fully saturated rings. The molecule has 1 saturated heterocycles. The molecule has 1 aromatic heterocycles. The largest absolute Gasteiger partial charge is 0.470 e. The van der Waals surface area contributed by atoms with Crippen LogP contribution in [-0.2, 0) is 19.6 Å². The molecule has 2 aliphatic carbocycles. The summed E-state index contributed by atoms with van der Waals surface area (Å²) in [5.74, 6) is 0.900. The molecule has 2 heterocycles. The van der Waals surface area contributed by atoms with E-state index in [2.05, 4.69) is 15.0 Å². The van der Waals surface area contributed by atoms with Crippen molar-refractivity contribution in [3.63, 3.8) is 0 Å². The fourth-order valence-corrected chi connectivity index (χ4v) is 6.34. The maximum absolute atomic E-state index is 12.4. The van der Waals surface area contributed by atoms with Gasteiger partial charge in [0.2, 0.25) is 15.9 Å². The molecule has 0 aromatic carbocycles. The zero-order valence-corrected chi connectivity index (χ0v) is 18.7. The van der Waals surface area contributed by atoms with Crippen molar-refractivity contribution in [1.82, 2.24) is 15.0 Å². The Morgan fingerprint density at radius 3 is 2.71 bits per heavy atom. The van der Waals surface area contributed by atoms with E-state index in [4.69, 9.17) is 9.47 Å². The number of nitrogens with zero attached hydrogens (tertiary/aromatic N) is 1. The van der Waals surface area contributed by atoms with Crippen LogP contribution < -0.4 is 14.8 Å². The first-order chi connectivity index (χ1) is 15.1. The number of hydrogen-bond acceptors (Lipinski definition) is 7. The molecule has 2 saturated carbocycles. The van der Waals surface area contributed by atoms with Crippen LogP contribution in [0.15, 0.2) is 18.3 Å². The van der Waals surface area contributed by atoms with Gasteiger partial charge in [-0.05, 0) is 69.9 Å². The van der Waals surface area contributed by atoms with Crippen LogP contribution in [0.5, 0.6) is 5.88 Å². The van der Waals surface area contributed by atoms with Crippen molar-refractivity contribution in [1.29, 1.82) is 0 Å². The van der Waals surface area contributed by atoms with Crippen molar-refractivity contribution in [2.24, 2.45) is 0 Å². The molecule has 0 amide bonds. The number of nitrogens with one attached hydrogen (secondary N) is 2. The van der Waals surface area contributed by atoms with Gasteiger partial charge in [-0.3, -0.25) is 4.79 Å². The summed E-state index contributed by atoms with van der Waals surface area (Å²) >= 11 is 0. The maximum Gasteiger partial charge on any atom is 0.217 e. The van der Waals surface area contributed by atoms with Crippen LogP contribution in [0.2, 0.25) is 0 Å². The predicted octanol–water partition coefficient (Wildman–Crippen LogP) is 1.90. The summed E-state index contributed by atoms with van der Waals surface area (Å²) in [7, 11) is -3.20. The molecule has 31 heavy (non-hydrogen) atoms. The second-order valence-electron chi connectivity index (χ2n) is 8.85. The van der Waals surface area contributed by atoms with E-state index >= 15 is 0 Å². The van der Waals surface area contributed by atoms with E-state index in [9.17, 15) is 13.2 Å². The van der Waals surface area contributed by atoms with E-state index in [1.165, 1.54) is 0 Å². The van der Waals surface area contributed by atoms with Crippen molar-refractivity contribution in [3.8, 4) is 5.88 Å². The lowest BCUT2D eigenvalue weighted by atomic mass is 9.83. The van der Waals surface area contributed by atoms with E-state index < -0.39 is 10.0 Å². The van der Waals surface area contributed by atoms with Crippen molar-refractivity contribution < 1.29 is 22.7 Å². The second-order valence-corrected chi connectivity index (χ2v) is 10.8. The first-order valence-corrected chi connectivity index (χ1v) is 13.0. The fourth-order valence-electron chi connectivity index (χ4n) is 4.68. The Labute approximate surface area is 184 Å². The Kier molecular flexibility index (Phi) is 7.58. The number of rotatable bonds is 10. The van der Waals surface area contributed by atoms with Crippen LogP contribution in [0.25, 0.3) is 0 Å². The molecule has 0 unspecified atom stereocenters. The van der Waals surface area contributed by atoms with Gasteiger partial charge in [-0.25, -0.2) is 18.1 Å². The Morgan fingerprint density at radius 1 is 1.16 bits per heavy atom. The van der Waals surface area contributed by atoms with Gasteiger partial charge in [0.15, 0.2) is 6.29 Å². The first kappa shape index (κ1) is 22.6. The van der Waals surface area contributed by atoms with Gasteiger partial charge in [-0.1, -0.05) is 6.07 Å². The van der Waals surface area contributed by atoms with Gasteiger partial charge in [0, 0.05) is 23.8 Å². The summed E-state index contributed by atoms with van der Waals surface area (Å²) in [6, 6.07) is 3.86. The Bertz CT molecular complexity index is 837. The number of aldehydes is 1. The summed E-state index contributed by atoms with van der Waals surface area (Å²) in [4.78, 5) is 14.9. The molecule has 172 valence electrons. The average molecular weight is 452 g/mol. The molecule has 2 atom stereocenters. The highest BCUT2D eigenvalue weighted by molar-refractivity contribution is 7.90. The standard InChI is InChI=1S/C22H33N3O5S/c26-13-14-29-22-19(3-1-12-24-22)16-5-7-17(8-6-16)30-15-21-20(4-2-11-23-21)25-31(27,28)18-9-10-18/h1,3,12-13,16-18,20-21,23,25H,2,4-11,14-15H2/t16?,17?,20-,21-/m0/s1. The number of hydrogen-bond donors (Lipinski definition) is 2. The van der Waals surface area contributed by atoms with Crippen LogP contribution in [0.4, 0.5) is 0 Å². The monoisotopic (exact) mass is 451 g/mol. The molecule has 0 bridgehead atoms. The van der Waals surface area contributed by atoms with E-state index in [1.54, 1.807) is 6.20 Å². The van der Waals surface area contributed by atoms with Crippen molar-refractivity contribution in [2.75, 3.05) is 19.8 Å². The molecular weight excluding hydrogens is 418 g/mol. The zero-order chi connectivity index (χ0) is 21.7. The summed E-state index contributed by atoms with van der Waals surface area (Å²) in [5.41, 5.74) is 1.06. The van der Waals surface area contributed by atoms with Gasteiger partial charge in [0.25, 0.3) is 0 Å². The zero-order valence-electron chi connectivity index (χ0n) is 17.9. The normalized spacial score (nSPS) is 29.4. The number of sulfonamides is 1. The first-order valence-electron chi connectivity index (χ1n) is 11.4. The Morgan fingerprint density at radius 2 is 1.97 bits per heavy atom. The molecule has 1 aromatic rings. The van der Waals surface area contributed by atoms with Gasteiger partial charge < -0.3 is 14.8 Å². The van der Waals surface area contributed by atoms with Crippen molar-refractivity contribution >= 4 is 16.3 Å². The van der Waals surface area contributed by atoms with Crippen LogP contribution in [0.1, 0.15) is 62.8 Å². The lowest BCUT2D eigenvalue weighted by molar-refractivity contribution is -0.109. The third-order valence-corrected chi connectivity index (χ3v) is 8.56. The van der Waals surface area contributed by atoms with Crippen molar-refractivity contribution in [3.05, 3.63) is 23.9 Å². The number of pyridine rings is 1. The smallest absolute Gasteiger partial charge is 0.217 e. The number of aromatic nitrogens is 1. The lowest BCUT2D eigenvalue weighted by Gasteiger charge is -2.35. The summed E-state index contributed by atoms with van der Waals surface area (Å²) in [5, 5.41) is 3.25. The quantitative estimate of drug-likeness (QED) is 0.523. The van der Waals surface area contributed by atoms with Gasteiger partial charge in [-0.2, -0.15) is 0 Å². The summed E-state index contributed by atoms with van der Waals surface area (Å²) in [6.45, 7) is 1.43. The molecule has 9 heteroatoms. The van der Waals surface area contributed by atoms with Gasteiger partial charge in [0.05, 0.1) is 18.0 Å². The third kappa shape index (κ3) is 6.03. The summed E-state index contributed by atoms with van der Waals surface area (Å²) in [6.07, 6.45) is 9.81. The van der Waals surface area contributed by atoms with Crippen LogP contribution in [-0.4, -0.2) is 62.9 Å². The number of carbonyl (C=O) groups is 1. The number of carbonyl (C=O) groups excluding carboxylic acids is 1. The molecule has 8 nitrogen and oxygen atoms in total. The predicted molar refractivity (Wildman–Crippen MR) is 117 cm³/mol. The van der Waals surface area contributed by atoms with Crippen molar-refractivity contribution in [2.45, 2.75) is 80.7 Å². The van der Waals surface area contributed by atoms with E-state index in [1.807, 2.05) is 12.1 Å². The lowest BCUT2D eigenvalue weighted by Crippen LogP contribution is -2.56. The maximum atomic E-state index is 12.4. The molecular formula is C22H33N3O5S. The molecule has 2 N–H and O–H groups in total. The highest BCUT2D eigenvalue weighted by Gasteiger charge is 2.39. The molecule has 0 radical (unpaired) electrons. The molecule has 1 aliphatic heterocycles. The number of ether oxygens (including phenoxy) is 2. The molecule has 4 rings (SSSR count). The minimum atomic E-state index is -3.20. The van der Waals surface area contributed by atoms with Crippen LogP contribution >= 0.6 is 0 Å². The summed E-state index contributed by atoms with van der Waals surface area (Å²) < 4.78 is 39.4. The number of piperidine rings is 1. The van der Waals surface area contributed by atoms with E-state index in [0.717, 1.165) is 69.8 Å². The fraction of sp³-hybridized carbons (Fsp3) is 0.727. The van der Waals surface area contributed by atoms with E-state index in [0.29, 0.717) is 18.4 Å². The Hall–Kier alpha value is -1.55. The van der Waals surface area contributed by atoms with Gasteiger partial charge in [0.1, 0.15) is 6.61 Å². The third-order valence-electron chi connectivity index (χ3n) is 6.58. The van der Waals surface area contributed by atoms with Gasteiger partial charge in [-0.15, -0.1) is 0 Å². The minimum absolute atomic E-state index is 0.0154. The molecule has 3 aliphatic rings. The topological polar surface area (TPSA) is 107 Å². The van der Waals surface area contributed by atoms with Crippen LogP contribution in [0, 0.1) is 0 Å².